The van der Waals surface area contributed by atoms with Crippen molar-refractivity contribution in [2.75, 3.05) is 42.7 Å². The number of benzene rings is 2. The van der Waals surface area contributed by atoms with Crippen molar-refractivity contribution in [3.63, 3.8) is 0 Å². The second kappa shape index (κ2) is 11.3. The molecule has 1 saturated heterocycles. The zero-order chi connectivity index (χ0) is 23.8. The van der Waals surface area contributed by atoms with Crippen LogP contribution >= 0.6 is 0 Å². The third kappa shape index (κ3) is 6.33. The third-order valence-corrected chi connectivity index (χ3v) is 5.22. The largest absolute Gasteiger partial charge is 0.488 e. The molecule has 2 heterocycles. The van der Waals surface area contributed by atoms with Gasteiger partial charge >= 0.3 is 6.03 Å². The minimum Gasteiger partial charge on any atom is -0.488 e. The topological polar surface area (TPSA) is 144 Å². The molecule has 0 atom stereocenters. The van der Waals surface area contributed by atoms with Gasteiger partial charge in [-0.2, -0.15) is 0 Å². The monoisotopic (exact) mass is 464 g/mol. The fourth-order valence-electron chi connectivity index (χ4n) is 3.48. The first-order valence-electron chi connectivity index (χ1n) is 11.1. The van der Waals surface area contributed by atoms with Gasteiger partial charge in [0.25, 0.3) is 0 Å². The van der Waals surface area contributed by atoms with Gasteiger partial charge in [0.2, 0.25) is 5.95 Å². The number of nitrogens with zero attached hydrogens (tertiary/aromatic N) is 2. The first-order chi connectivity index (χ1) is 16.6. The number of hydrogen-bond donors (Lipinski definition) is 5. The summed E-state index contributed by atoms with van der Waals surface area (Å²) in [6.07, 6.45) is 3.51. The molecule has 0 saturated carbocycles. The molecular formula is C24H28N6O4. The Bertz CT molecular complexity index is 1100. The maximum absolute atomic E-state index is 11.7. The second-order valence-electron chi connectivity index (χ2n) is 7.75. The number of rotatable bonds is 8. The van der Waals surface area contributed by atoms with E-state index in [4.69, 9.17) is 20.3 Å². The summed E-state index contributed by atoms with van der Waals surface area (Å²) < 4.78 is 11.4. The van der Waals surface area contributed by atoms with E-state index in [1.54, 1.807) is 30.5 Å². The number of carbonyl (C=O) groups excluding carboxylic acids is 1. The molecule has 178 valence electrons. The number of aromatic nitrogens is 2. The van der Waals surface area contributed by atoms with Crippen molar-refractivity contribution in [3.8, 4) is 17.0 Å². The lowest BCUT2D eigenvalue weighted by atomic mass is 10.1. The van der Waals surface area contributed by atoms with E-state index in [0.717, 1.165) is 29.8 Å². The van der Waals surface area contributed by atoms with Crippen molar-refractivity contribution in [1.82, 2.24) is 15.3 Å². The first kappa shape index (κ1) is 23.3. The number of nitrogens with one attached hydrogen (secondary N) is 3. The van der Waals surface area contributed by atoms with Crippen LogP contribution < -0.4 is 26.4 Å². The lowest BCUT2D eigenvalue weighted by Crippen LogP contribution is -2.30. The fourth-order valence-corrected chi connectivity index (χ4v) is 3.48. The van der Waals surface area contributed by atoms with E-state index >= 15 is 0 Å². The minimum absolute atomic E-state index is 0.115. The van der Waals surface area contributed by atoms with Gasteiger partial charge in [0.15, 0.2) is 0 Å². The number of anilines is 4. The summed E-state index contributed by atoms with van der Waals surface area (Å²) in [5.74, 6) is 1.10. The molecule has 3 aromatic rings. The van der Waals surface area contributed by atoms with E-state index < -0.39 is 0 Å². The highest BCUT2D eigenvalue weighted by Crippen LogP contribution is 2.30. The number of nitrogen functional groups attached to an aromatic ring is 1. The number of hydrogen-bond acceptors (Lipinski definition) is 8. The average Bonchev–Trinajstić information content (AvgIpc) is 2.86. The van der Waals surface area contributed by atoms with Gasteiger partial charge in [-0.1, -0.05) is 0 Å². The Labute approximate surface area is 197 Å². The lowest BCUT2D eigenvalue weighted by molar-refractivity contribution is 0.0259. The van der Waals surface area contributed by atoms with E-state index in [1.165, 1.54) is 0 Å². The van der Waals surface area contributed by atoms with Crippen molar-refractivity contribution in [2.45, 2.75) is 18.9 Å². The molecule has 0 radical (unpaired) electrons. The first-order valence-corrected chi connectivity index (χ1v) is 11.1. The zero-order valence-corrected chi connectivity index (χ0v) is 18.7. The Kier molecular flexibility index (Phi) is 7.74. The SMILES string of the molecule is Nc1cc(-c2ccnc(Nc3ccc(NC(=O)NCCO)cc3)n2)ccc1OC1CCOCC1. The normalized spacial score (nSPS) is 13.8. The summed E-state index contributed by atoms with van der Waals surface area (Å²) in [5, 5.41) is 17.1. The molecule has 0 bridgehead atoms. The molecule has 1 fully saturated rings. The minimum atomic E-state index is -0.380. The predicted molar refractivity (Wildman–Crippen MR) is 130 cm³/mol. The molecular weight excluding hydrogens is 436 g/mol. The molecule has 4 rings (SSSR count). The van der Waals surface area contributed by atoms with E-state index in [0.29, 0.717) is 36.3 Å². The van der Waals surface area contributed by atoms with Gasteiger partial charge < -0.3 is 36.3 Å². The van der Waals surface area contributed by atoms with Crippen LogP contribution in [-0.2, 0) is 4.74 Å². The fraction of sp³-hybridized carbons (Fsp3) is 0.292. The molecule has 1 aliphatic rings. The lowest BCUT2D eigenvalue weighted by Gasteiger charge is -2.24. The standard InChI is InChI=1S/C24H28N6O4/c25-20-15-16(1-6-22(20)34-19-8-13-33-14-9-19)21-7-10-26-23(30-21)28-17-2-4-18(5-3-17)29-24(32)27-11-12-31/h1-7,10,15,19,31H,8-9,11-14,25H2,(H,26,28,30)(H2,27,29,32). The van der Waals surface area contributed by atoms with Gasteiger partial charge in [0.05, 0.1) is 31.2 Å². The highest BCUT2D eigenvalue weighted by atomic mass is 16.5. The van der Waals surface area contributed by atoms with E-state index in [1.807, 2.05) is 24.3 Å². The molecule has 10 heteroatoms. The maximum atomic E-state index is 11.7. The zero-order valence-electron chi connectivity index (χ0n) is 18.7. The van der Waals surface area contributed by atoms with Crippen LogP contribution in [0, 0.1) is 0 Å². The second-order valence-corrected chi connectivity index (χ2v) is 7.75. The molecule has 1 aromatic heterocycles. The van der Waals surface area contributed by atoms with Crippen LogP contribution in [0.2, 0.25) is 0 Å². The molecule has 0 spiro atoms. The van der Waals surface area contributed by atoms with Crippen molar-refractivity contribution in [3.05, 3.63) is 54.7 Å². The third-order valence-electron chi connectivity index (χ3n) is 5.22. The molecule has 0 aliphatic carbocycles. The number of ether oxygens (including phenoxy) is 2. The summed E-state index contributed by atoms with van der Waals surface area (Å²) in [5.41, 5.74) is 9.77. The van der Waals surface area contributed by atoms with Crippen LogP contribution in [0.3, 0.4) is 0 Å². The van der Waals surface area contributed by atoms with Gasteiger partial charge in [-0.25, -0.2) is 14.8 Å². The van der Waals surface area contributed by atoms with Crippen LogP contribution in [0.1, 0.15) is 12.8 Å². The summed E-state index contributed by atoms with van der Waals surface area (Å²) in [4.78, 5) is 20.6. The van der Waals surface area contributed by atoms with Crippen molar-refractivity contribution < 1.29 is 19.4 Å². The number of nitrogens with two attached hydrogens (primary N) is 1. The van der Waals surface area contributed by atoms with E-state index in [-0.39, 0.29) is 25.3 Å². The van der Waals surface area contributed by atoms with Crippen molar-refractivity contribution in [1.29, 1.82) is 0 Å². The number of aliphatic hydroxyl groups excluding tert-OH is 1. The Balaban J connectivity index is 1.40. The molecule has 1 aliphatic heterocycles. The Morgan fingerprint density at radius 2 is 1.88 bits per heavy atom. The van der Waals surface area contributed by atoms with Crippen LogP contribution in [0.25, 0.3) is 11.3 Å². The van der Waals surface area contributed by atoms with Crippen molar-refractivity contribution >= 4 is 29.0 Å². The smallest absolute Gasteiger partial charge is 0.319 e. The quantitative estimate of drug-likeness (QED) is 0.320. The maximum Gasteiger partial charge on any atom is 0.319 e. The molecule has 0 unspecified atom stereocenters. The number of amides is 2. The molecule has 6 N–H and O–H groups in total. The van der Waals surface area contributed by atoms with Crippen LogP contribution in [0.15, 0.2) is 54.7 Å². The Hall–Kier alpha value is -3.89. The van der Waals surface area contributed by atoms with Crippen molar-refractivity contribution in [2.24, 2.45) is 0 Å². The number of carbonyl (C=O) groups is 1. The Morgan fingerprint density at radius 3 is 2.62 bits per heavy atom. The predicted octanol–water partition coefficient (Wildman–Crippen LogP) is 3.14. The highest BCUT2D eigenvalue weighted by Gasteiger charge is 2.17. The summed E-state index contributed by atoms with van der Waals surface area (Å²) in [7, 11) is 0. The van der Waals surface area contributed by atoms with Gasteiger partial charge in [-0.3, -0.25) is 0 Å². The molecule has 34 heavy (non-hydrogen) atoms. The highest BCUT2D eigenvalue weighted by molar-refractivity contribution is 5.89. The summed E-state index contributed by atoms with van der Waals surface area (Å²) >= 11 is 0. The van der Waals surface area contributed by atoms with Crippen LogP contribution in [-0.4, -0.2) is 53.6 Å². The Morgan fingerprint density at radius 1 is 1.12 bits per heavy atom. The van der Waals surface area contributed by atoms with E-state index in [2.05, 4.69) is 25.9 Å². The van der Waals surface area contributed by atoms with Gasteiger partial charge in [-0.05, 0) is 48.5 Å². The summed E-state index contributed by atoms with van der Waals surface area (Å²) in [6, 6.07) is 14.2. The number of urea groups is 1. The van der Waals surface area contributed by atoms with Gasteiger partial charge in [0, 0.05) is 42.5 Å². The van der Waals surface area contributed by atoms with Gasteiger partial charge in [0.1, 0.15) is 11.9 Å². The van der Waals surface area contributed by atoms with Gasteiger partial charge in [-0.15, -0.1) is 0 Å². The molecule has 2 aromatic carbocycles. The summed E-state index contributed by atoms with van der Waals surface area (Å²) in [6.45, 7) is 1.49. The molecule has 2 amide bonds. The van der Waals surface area contributed by atoms with E-state index in [9.17, 15) is 4.79 Å². The van der Waals surface area contributed by atoms with Crippen LogP contribution in [0.4, 0.5) is 27.8 Å². The van der Waals surface area contributed by atoms with Crippen LogP contribution in [0.5, 0.6) is 5.75 Å². The molecule has 10 nitrogen and oxygen atoms in total. The average molecular weight is 465 g/mol. The number of aliphatic hydroxyl groups is 1.